The molecule has 0 aliphatic carbocycles. The Kier molecular flexibility index (Phi) is 5.34. The van der Waals surface area contributed by atoms with Gasteiger partial charge in [0.05, 0.1) is 0 Å². The number of nitrogens with zero attached hydrogens (tertiary/aromatic N) is 3. The maximum absolute atomic E-state index is 12.4. The van der Waals surface area contributed by atoms with Crippen molar-refractivity contribution in [1.82, 2.24) is 14.7 Å². The Labute approximate surface area is 140 Å². The summed E-state index contributed by atoms with van der Waals surface area (Å²) in [7, 11) is 0. The monoisotopic (exact) mass is 315 g/mol. The lowest BCUT2D eigenvalue weighted by molar-refractivity contribution is 0.0793. The molecule has 0 radical (unpaired) electrons. The van der Waals surface area contributed by atoms with Crippen molar-refractivity contribution in [3.8, 4) is 0 Å². The van der Waals surface area contributed by atoms with Crippen LogP contribution in [0.1, 0.15) is 42.6 Å². The Bertz CT molecular complexity index is 512. The van der Waals surface area contributed by atoms with Crippen molar-refractivity contribution in [2.24, 2.45) is 0 Å². The SMILES string of the molecule is CC(C)N1CCN(Cc2ccc(C(=O)N3CCCC3)cc2)CC1. The fraction of sp³-hybridized carbons (Fsp3) is 0.632. The molecule has 0 aromatic heterocycles. The molecule has 2 fully saturated rings. The molecule has 0 N–H and O–H groups in total. The zero-order valence-corrected chi connectivity index (χ0v) is 14.5. The Morgan fingerprint density at radius 3 is 2.13 bits per heavy atom. The van der Waals surface area contributed by atoms with Crippen LogP contribution in [-0.2, 0) is 6.54 Å². The highest BCUT2D eigenvalue weighted by molar-refractivity contribution is 5.94. The van der Waals surface area contributed by atoms with Crippen LogP contribution >= 0.6 is 0 Å². The molecule has 1 aromatic carbocycles. The van der Waals surface area contributed by atoms with Crippen LogP contribution in [0.15, 0.2) is 24.3 Å². The first kappa shape index (κ1) is 16.5. The molecule has 1 aromatic rings. The number of carbonyl (C=O) groups excluding carboxylic acids is 1. The summed E-state index contributed by atoms with van der Waals surface area (Å²) in [5.74, 6) is 0.194. The van der Waals surface area contributed by atoms with Crippen molar-refractivity contribution in [3.63, 3.8) is 0 Å². The van der Waals surface area contributed by atoms with Crippen molar-refractivity contribution < 1.29 is 4.79 Å². The van der Waals surface area contributed by atoms with Crippen LogP contribution in [0.25, 0.3) is 0 Å². The second-order valence-corrected chi connectivity index (χ2v) is 7.10. The maximum atomic E-state index is 12.4. The van der Waals surface area contributed by atoms with E-state index in [-0.39, 0.29) is 5.91 Å². The van der Waals surface area contributed by atoms with Crippen molar-refractivity contribution in [3.05, 3.63) is 35.4 Å². The predicted molar refractivity (Wildman–Crippen MR) is 93.6 cm³/mol. The van der Waals surface area contributed by atoms with Gasteiger partial charge >= 0.3 is 0 Å². The van der Waals surface area contributed by atoms with E-state index in [9.17, 15) is 4.79 Å². The summed E-state index contributed by atoms with van der Waals surface area (Å²) in [6, 6.07) is 8.89. The van der Waals surface area contributed by atoms with Gasteiger partial charge in [-0.3, -0.25) is 14.6 Å². The molecule has 1 amide bonds. The van der Waals surface area contributed by atoms with E-state index in [1.807, 2.05) is 17.0 Å². The van der Waals surface area contributed by atoms with Crippen LogP contribution in [-0.4, -0.2) is 65.9 Å². The Morgan fingerprint density at radius 1 is 0.957 bits per heavy atom. The average Bonchev–Trinajstić information content (AvgIpc) is 3.10. The van der Waals surface area contributed by atoms with Crippen LogP contribution in [0.2, 0.25) is 0 Å². The normalized spacial score (nSPS) is 20.4. The number of rotatable bonds is 4. The van der Waals surface area contributed by atoms with Crippen LogP contribution in [0.4, 0.5) is 0 Å². The molecule has 0 saturated carbocycles. The van der Waals surface area contributed by atoms with Gasteiger partial charge in [0.25, 0.3) is 5.91 Å². The van der Waals surface area contributed by atoms with Gasteiger partial charge in [0, 0.05) is 57.4 Å². The molecule has 3 rings (SSSR count). The minimum absolute atomic E-state index is 0.194. The Hall–Kier alpha value is -1.39. The van der Waals surface area contributed by atoms with E-state index in [0.29, 0.717) is 6.04 Å². The number of piperazine rings is 1. The van der Waals surface area contributed by atoms with E-state index in [4.69, 9.17) is 0 Å². The molecular weight excluding hydrogens is 286 g/mol. The molecule has 0 unspecified atom stereocenters. The second-order valence-electron chi connectivity index (χ2n) is 7.10. The Morgan fingerprint density at radius 2 is 1.57 bits per heavy atom. The molecule has 0 spiro atoms. The quantitative estimate of drug-likeness (QED) is 0.854. The summed E-state index contributed by atoms with van der Waals surface area (Å²) in [5, 5.41) is 0. The standard InChI is InChI=1S/C19H29N3O/c1-16(2)21-13-11-20(12-14-21)15-17-5-7-18(8-6-17)19(23)22-9-3-4-10-22/h5-8,16H,3-4,9-15H2,1-2H3. The molecule has 23 heavy (non-hydrogen) atoms. The number of carbonyl (C=O) groups is 1. The third kappa shape index (κ3) is 4.12. The highest BCUT2D eigenvalue weighted by atomic mass is 16.2. The summed E-state index contributed by atoms with van der Waals surface area (Å²) in [5.41, 5.74) is 2.14. The highest BCUT2D eigenvalue weighted by Crippen LogP contribution is 2.15. The number of amides is 1. The number of hydrogen-bond donors (Lipinski definition) is 0. The minimum atomic E-state index is 0.194. The summed E-state index contributed by atoms with van der Waals surface area (Å²) in [6.07, 6.45) is 2.29. The highest BCUT2D eigenvalue weighted by Gasteiger charge is 2.20. The average molecular weight is 315 g/mol. The molecule has 2 aliphatic rings. The smallest absolute Gasteiger partial charge is 0.253 e. The molecular formula is C19H29N3O. The zero-order valence-electron chi connectivity index (χ0n) is 14.5. The third-order valence-corrected chi connectivity index (χ3v) is 5.14. The number of hydrogen-bond acceptors (Lipinski definition) is 3. The molecule has 0 bridgehead atoms. The lowest BCUT2D eigenvalue weighted by Gasteiger charge is -2.36. The number of benzene rings is 1. The van der Waals surface area contributed by atoms with E-state index in [0.717, 1.165) is 64.2 Å². The molecule has 2 saturated heterocycles. The molecule has 126 valence electrons. The zero-order chi connectivity index (χ0) is 16.2. The summed E-state index contributed by atoms with van der Waals surface area (Å²) < 4.78 is 0. The van der Waals surface area contributed by atoms with Gasteiger partial charge in [0.1, 0.15) is 0 Å². The van der Waals surface area contributed by atoms with Crippen molar-refractivity contribution in [1.29, 1.82) is 0 Å². The first-order valence-corrected chi connectivity index (χ1v) is 8.98. The fourth-order valence-electron chi connectivity index (χ4n) is 3.55. The van der Waals surface area contributed by atoms with Crippen LogP contribution < -0.4 is 0 Å². The van der Waals surface area contributed by atoms with Crippen LogP contribution in [0, 0.1) is 0 Å². The first-order valence-electron chi connectivity index (χ1n) is 8.98. The second kappa shape index (κ2) is 7.45. The van der Waals surface area contributed by atoms with E-state index in [1.165, 1.54) is 5.56 Å². The summed E-state index contributed by atoms with van der Waals surface area (Å²) >= 11 is 0. The van der Waals surface area contributed by atoms with E-state index in [2.05, 4.69) is 35.8 Å². The van der Waals surface area contributed by atoms with Crippen molar-refractivity contribution >= 4 is 5.91 Å². The molecule has 4 heteroatoms. The topological polar surface area (TPSA) is 26.8 Å². The fourth-order valence-corrected chi connectivity index (χ4v) is 3.55. The lowest BCUT2D eigenvalue weighted by atomic mass is 10.1. The largest absolute Gasteiger partial charge is 0.339 e. The van der Waals surface area contributed by atoms with Gasteiger partial charge in [-0.1, -0.05) is 12.1 Å². The van der Waals surface area contributed by atoms with Gasteiger partial charge in [-0.15, -0.1) is 0 Å². The van der Waals surface area contributed by atoms with Crippen molar-refractivity contribution in [2.45, 2.75) is 39.3 Å². The molecule has 2 heterocycles. The third-order valence-electron chi connectivity index (χ3n) is 5.14. The predicted octanol–water partition coefficient (Wildman–Crippen LogP) is 2.45. The van der Waals surface area contributed by atoms with Gasteiger partial charge in [-0.05, 0) is 44.4 Å². The van der Waals surface area contributed by atoms with Gasteiger partial charge in [-0.25, -0.2) is 0 Å². The summed E-state index contributed by atoms with van der Waals surface area (Å²) in [4.78, 5) is 19.4. The van der Waals surface area contributed by atoms with E-state index in [1.54, 1.807) is 0 Å². The maximum Gasteiger partial charge on any atom is 0.253 e. The molecule has 4 nitrogen and oxygen atoms in total. The number of likely N-dealkylation sites (tertiary alicyclic amines) is 1. The summed E-state index contributed by atoms with van der Waals surface area (Å²) in [6.45, 7) is 11.9. The van der Waals surface area contributed by atoms with Gasteiger partial charge in [0.15, 0.2) is 0 Å². The first-order chi connectivity index (χ1) is 11.1. The van der Waals surface area contributed by atoms with Gasteiger partial charge in [0.2, 0.25) is 0 Å². The lowest BCUT2D eigenvalue weighted by Crippen LogP contribution is -2.48. The van der Waals surface area contributed by atoms with Crippen LogP contribution in [0.3, 0.4) is 0 Å². The Balaban J connectivity index is 1.53. The van der Waals surface area contributed by atoms with E-state index >= 15 is 0 Å². The minimum Gasteiger partial charge on any atom is -0.339 e. The molecule has 0 atom stereocenters. The van der Waals surface area contributed by atoms with E-state index < -0.39 is 0 Å². The van der Waals surface area contributed by atoms with Crippen LogP contribution in [0.5, 0.6) is 0 Å². The molecule has 2 aliphatic heterocycles. The van der Waals surface area contributed by atoms with Crippen molar-refractivity contribution in [2.75, 3.05) is 39.3 Å². The van der Waals surface area contributed by atoms with Gasteiger partial charge < -0.3 is 4.90 Å². The van der Waals surface area contributed by atoms with Gasteiger partial charge in [-0.2, -0.15) is 0 Å².